The van der Waals surface area contributed by atoms with Crippen molar-refractivity contribution in [3.05, 3.63) is 0 Å². The van der Waals surface area contributed by atoms with E-state index < -0.39 is 0 Å². The van der Waals surface area contributed by atoms with Crippen LogP contribution in [0.5, 0.6) is 0 Å². The van der Waals surface area contributed by atoms with E-state index >= 15 is 0 Å². The Labute approximate surface area is 114 Å². The van der Waals surface area contributed by atoms with Crippen molar-refractivity contribution in [1.82, 2.24) is 5.32 Å². The summed E-state index contributed by atoms with van der Waals surface area (Å²) >= 11 is 0. The molecule has 0 heterocycles. The molecule has 1 N–H and O–H groups in total. The van der Waals surface area contributed by atoms with Crippen LogP contribution in [0.25, 0.3) is 0 Å². The first kappa shape index (κ1) is 16.0. The standard InChI is InChI=1S/C16H33NO/c1-7-16(4,5)13-8-9-14(17-6)15(10-13)18-11-12(2)3/h12-15,17H,7-11H2,1-6H3. The van der Waals surface area contributed by atoms with E-state index in [0.29, 0.717) is 23.5 Å². The van der Waals surface area contributed by atoms with E-state index in [-0.39, 0.29) is 0 Å². The van der Waals surface area contributed by atoms with E-state index in [0.717, 1.165) is 12.5 Å². The quantitative estimate of drug-likeness (QED) is 0.778. The first-order valence-corrected chi connectivity index (χ1v) is 7.69. The van der Waals surface area contributed by atoms with Gasteiger partial charge in [-0.1, -0.05) is 41.0 Å². The minimum atomic E-state index is 0.405. The Morgan fingerprint density at radius 3 is 2.44 bits per heavy atom. The number of likely N-dealkylation sites (N-methyl/N-ethyl adjacent to an activating group) is 1. The van der Waals surface area contributed by atoms with Gasteiger partial charge in [-0.2, -0.15) is 0 Å². The van der Waals surface area contributed by atoms with Gasteiger partial charge in [0.15, 0.2) is 0 Å². The highest BCUT2D eigenvalue weighted by Crippen LogP contribution is 2.41. The fraction of sp³-hybridized carbons (Fsp3) is 1.00. The van der Waals surface area contributed by atoms with Gasteiger partial charge >= 0.3 is 0 Å². The predicted octanol–water partition coefficient (Wildman–Crippen LogP) is 3.85. The number of rotatable bonds is 6. The third-order valence-electron chi connectivity index (χ3n) is 4.82. The first-order valence-electron chi connectivity index (χ1n) is 7.69. The fourth-order valence-corrected chi connectivity index (χ4v) is 2.96. The largest absolute Gasteiger partial charge is 0.376 e. The average molecular weight is 255 g/mol. The van der Waals surface area contributed by atoms with Crippen molar-refractivity contribution in [2.24, 2.45) is 17.3 Å². The maximum absolute atomic E-state index is 6.16. The van der Waals surface area contributed by atoms with Gasteiger partial charge in [-0.05, 0) is 43.6 Å². The molecule has 2 heteroatoms. The van der Waals surface area contributed by atoms with Crippen LogP contribution in [-0.2, 0) is 4.74 Å². The number of hydrogen-bond donors (Lipinski definition) is 1. The van der Waals surface area contributed by atoms with Crippen molar-refractivity contribution in [3.63, 3.8) is 0 Å². The highest BCUT2D eigenvalue weighted by atomic mass is 16.5. The van der Waals surface area contributed by atoms with Gasteiger partial charge in [0, 0.05) is 12.6 Å². The maximum Gasteiger partial charge on any atom is 0.0730 e. The summed E-state index contributed by atoms with van der Waals surface area (Å²) < 4.78 is 6.16. The second kappa shape index (κ2) is 6.91. The van der Waals surface area contributed by atoms with Crippen LogP contribution in [0.2, 0.25) is 0 Å². The van der Waals surface area contributed by atoms with Crippen LogP contribution in [0.4, 0.5) is 0 Å². The molecule has 3 atom stereocenters. The molecule has 108 valence electrons. The lowest BCUT2D eigenvalue weighted by atomic mass is 9.68. The zero-order chi connectivity index (χ0) is 13.8. The molecule has 0 aromatic rings. The summed E-state index contributed by atoms with van der Waals surface area (Å²) in [5, 5.41) is 3.44. The van der Waals surface area contributed by atoms with Gasteiger partial charge < -0.3 is 10.1 Å². The van der Waals surface area contributed by atoms with Crippen LogP contribution < -0.4 is 5.32 Å². The molecule has 1 saturated carbocycles. The van der Waals surface area contributed by atoms with E-state index in [1.54, 1.807) is 0 Å². The molecular weight excluding hydrogens is 222 g/mol. The molecule has 18 heavy (non-hydrogen) atoms. The normalized spacial score (nSPS) is 29.8. The Morgan fingerprint density at radius 2 is 1.94 bits per heavy atom. The topological polar surface area (TPSA) is 21.3 Å². The lowest BCUT2D eigenvalue weighted by Gasteiger charge is -2.43. The smallest absolute Gasteiger partial charge is 0.0730 e. The van der Waals surface area contributed by atoms with E-state index in [1.807, 2.05) is 0 Å². The van der Waals surface area contributed by atoms with Crippen molar-refractivity contribution in [2.45, 2.75) is 72.4 Å². The monoisotopic (exact) mass is 255 g/mol. The highest BCUT2D eigenvalue weighted by molar-refractivity contribution is 4.90. The van der Waals surface area contributed by atoms with Crippen molar-refractivity contribution < 1.29 is 4.74 Å². The summed E-state index contributed by atoms with van der Waals surface area (Å²) in [6.45, 7) is 12.5. The van der Waals surface area contributed by atoms with Gasteiger partial charge in [0.1, 0.15) is 0 Å². The lowest BCUT2D eigenvalue weighted by Crippen LogP contribution is -2.46. The fourth-order valence-electron chi connectivity index (χ4n) is 2.96. The Hall–Kier alpha value is -0.0800. The molecule has 0 aromatic heterocycles. The second-order valence-electron chi connectivity index (χ2n) is 7.01. The molecule has 2 nitrogen and oxygen atoms in total. The molecule has 0 amide bonds. The van der Waals surface area contributed by atoms with Crippen LogP contribution >= 0.6 is 0 Å². The third-order valence-corrected chi connectivity index (χ3v) is 4.82. The van der Waals surface area contributed by atoms with E-state index in [1.165, 1.54) is 25.7 Å². The van der Waals surface area contributed by atoms with Crippen molar-refractivity contribution in [2.75, 3.05) is 13.7 Å². The minimum Gasteiger partial charge on any atom is -0.376 e. The van der Waals surface area contributed by atoms with Gasteiger partial charge in [0.25, 0.3) is 0 Å². The van der Waals surface area contributed by atoms with Crippen LogP contribution in [0, 0.1) is 17.3 Å². The summed E-state index contributed by atoms with van der Waals surface area (Å²) in [5.74, 6) is 1.44. The number of nitrogens with one attached hydrogen (secondary N) is 1. The van der Waals surface area contributed by atoms with Crippen LogP contribution in [0.15, 0.2) is 0 Å². The Bertz CT molecular complexity index is 237. The van der Waals surface area contributed by atoms with Crippen LogP contribution in [0.1, 0.15) is 60.3 Å². The lowest BCUT2D eigenvalue weighted by molar-refractivity contribution is -0.0385. The van der Waals surface area contributed by atoms with E-state index in [9.17, 15) is 0 Å². The molecule has 1 rings (SSSR count). The number of ether oxygens (including phenoxy) is 1. The molecule has 0 saturated heterocycles. The first-order chi connectivity index (χ1) is 8.40. The van der Waals surface area contributed by atoms with Crippen molar-refractivity contribution in [1.29, 1.82) is 0 Å². The van der Waals surface area contributed by atoms with Gasteiger partial charge in [0.05, 0.1) is 6.10 Å². The van der Waals surface area contributed by atoms with Gasteiger partial charge in [-0.25, -0.2) is 0 Å². The highest BCUT2D eigenvalue weighted by Gasteiger charge is 2.37. The molecule has 0 spiro atoms. The van der Waals surface area contributed by atoms with Gasteiger partial charge in [0.2, 0.25) is 0 Å². The zero-order valence-electron chi connectivity index (χ0n) is 13.3. The van der Waals surface area contributed by atoms with Crippen LogP contribution in [0.3, 0.4) is 0 Å². The van der Waals surface area contributed by atoms with Crippen molar-refractivity contribution >= 4 is 0 Å². The molecular formula is C16H33NO. The molecule has 0 aromatic carbocycles. The summed E-state index contributed by atoms with van der Waals surface area (Å²) in [7, 11) is 2.07. The van der Waals surface area contributed by atoms with E-state index in [2.05, 4.69) is 47.0 Å². The van der Waals surface area contributed by atoms with E-state index in [4.69, 9.17) is 4.74 Å². The molecule has 1 aliphatic rings. The summed E-state index contributed by atoms with van der Waals surface area (Å²) in [5.41, 5.74) is 0.457. The van der Waals surface area contributed by atoms with Gasteiger partial charge in [-0.15, -0.1) is 0 Å². The SMILES string of the molecule is CCC(C)(C)C1CCC(NC)C(OCC(C)C)C1. The summed E-state index contributed by atoms with van der Waals surface area (Å²) in [6, 6.07) is 0.549. The summed E-state index contributed by atoms with van der Waals surface area (Å²) in [6.07, 6.45) is 5.49. The number of hydrogen-bond acceptors (Lipinski definition) is 2. The summed E-state index contributed by atoms with van der Waals surface area (Å²) in [4.78, 5) is 0. The third kappa shape index (κ3) is 4.24. The molecule has 1 aliphatic carbocycles. The molecule has 1 fully saturated rings. The predicted molar refractivity (Wildman–Crippen MR) is 78.8 cm³/mol. The molecule has 3 unspecified atom stereocenters. The molecule has 0 aliphatic heterocycles. The average Bonchev–Trinajstić information content (AvgIpc) is 2.35. The van der Waals surface area contributed by atoms with Crippen LogP contribution in [-0.4, -0.2) is 25.8 Å². The molecule has 0 bridgehead atoms. The van der Waals surface area contributed by atoms with Gasteiger partial charge in [-0.3, -0.25) is 0 Å². The Morgan fingerprint density at radius 1 is 1.28 bits per heavy atom. The van der Waals surface area contributed by atoms with Crippen molar-refractivity contribution in [3.8, 4) is 0 Å². The minimum absolute atomic E-state index is 0.405. The zero-order valence-corrected chi connectivity index (χ0v) is 13.3. The molecule has 0 radical (unpaired) electrons. The second-order valence-corrected chi connectivity index (χ2v) is 7.01. The Kier molecular flexibility index (Phi) is 6.13. The maximum atomic E-state index is 6.16. The Balaban J connectivity index is 2.60.